The average molecular weight is 271 g/mol. The Kier molecular flexibility index (Phi) is 3.67. The van der Waals surface area contributed by atoms with E-state index < -0.39 is 11.8 Å². The maximum Gasteiger partial charge on any atom is 0.339 e. The van der Waals surface area contributed by atoms with Gasteiger partial charge in [0.25, 0.3) is 0 Å². The van der Waals surface area contributed by atoms with Gasteiger partial charge >= 0.3 is 5.97 Å². The lowest BCUT2D eigenvalue weighted by molar-refractivity contribution is 0.0694. The van der Waals surface area contributed by atoms with E-state index in [1.54, 1.807) is 19.1 Å². The number of carboxylic acids is 1. The van der Waals surface area contributed by atoms with Gasteiger partial charge in [-0.1, -0.05) is 11.6 Å². The molecule has 0 saturated heterocycles. The summed E-state index contributed by atoms with van der Waals surface area (Å²) < 4.78 is 18.5. The van der Waals surface area contributed by atoms with Gasteiger partial charge in [-0.25, -0.2) is 9.18 Å². The summed E-state index contributed by atoms with van der Waals surface area (Å²) in [6.45, 7) is 1.76. The van der Waals surface area contributed by atoms with Gasteiger partial charge in [0.2, 0.25) is 0 Å². The van der Waals surface area contributed by atoms with Gasteiger partial charge in [0, 0.05) is 0 Å². The summed E-state index contributed by atoms with van der Waals surface area (Å²) >= 11 is 0. The SMILES string of the molecule is Cc1ccc(Oc2ccc(F)cc2C#N)c(C(=O)O)c1. The van der Waals surface area contributed by atoms with Gasteiger partial charge < -0.3 is 9.84 Å². The van der Waals surface area contributed by atoms with Crippen LogP contribution < -0.4 is 4.74 Å². The normalized spacial score (nSPS) is 9.85. The Morgan fingerprint density at radius 3 is 2.60 bits per heavy atom. The van der Waals surface area contributed by atoms with E-state index in [4.69, 9.17) is 15.1 Å². The number of aromatic carboxylic acids is 1. The van der Waals surface area contributed by atoms with Crippen LogP contribution >= 0.6 is 0 Å². The molecule has 0 atom stereocenters. The predicted octanol–water partition coefficient (Wildman–Crippen LogP) is 3.50. The summed E-state index contributed by atoms with van der Waals surface area (Å²) in [7, 11) is 0. The zero-order valence-electron chi connectivity index (χ0n) is 10.6. The summed E-state index contributed by atoms with van der Waals surface area (Å²) in [6, 6.07) is 9.93. The molecule has 1 N–H and O–H groups in total. The first-order valence-electron chi connectivity index (χ1n) is 5.72. The summed E-state index contributed by atoms with van der Waals surface area (Å²) in [5.74, 6) is -1.48. The van der Waals surface area contributed by atoms with Gasteiger partial charge in [-0.2, -0.15) is 5.26 Å². The lowest BCUT2D eigenvalue weighted by Gasteiger charge is -2.10. The molecule has 5 heteroatoms. The Balaban J connectivity index is 2.45. The van der Waals surface area contributed by atoms with Crippen LogP contribution in [0.2, 0.25) is 0 Å². The Morgan fingerprint density at radius 1 is 1.25 bits per heavy atom. The molecule has 0 amide bonds. The molecule has 0 aliphatic heterocycles. The van der Waals surface area contributed by atoms with E-state index in [0.717, 1.165) is 17.7 Å². The Labute approximate surface area is 114 Å². The lowest BCUT2D eigenvalue weighted by Crippen LogP contribution is -2.01. The van der Waals surface area contributed by atoms with E-state index in [0.29, 0.717) is 0 Å². The number of nitrogens with zero attached hydrogens (tertiary/aromatic N) is 1. The number of benzene rings is 2. The largest absolute Gasteiger partial charge is 0.478 e. The number of hydrogen-bond acceptors (Lipinski definition) is 3. The molecule has 0 fully saturated rings. The fraction of sp³-hybridized carbons (Fsp3) is 0.0667. The van der Waals surface area contributed by atoms with E-state index in [9.17, 15) is 9.18 Å². The predicted molar refractivity (Wildman–Crippen MR) is 69.3 cm³/mol. The molecule has 0 saturated carbocycles. The molecule has 0 radical (unpaired) electrons. The van der Waals surface area contributed by atoms with Crippen LogP contribution in [-0.2, 0) is 0 Å². The molecule has 100 valence electrons. The molecule has 2 rings (SSSR count). The minimum Gasteiger partial charge on any atom is -0.478 e. The molecular weight excluding hydrogens is 261 g/mol. The second-order valence-electron chi connectivity index (χ2n) is 4.16. The minimum atomic E-state index is -1.13. The number of halogens is 1. The Bertz CT molecular complexity index is 720. The standard InChI is InChI=1S/C15H10FNO3/c1-9-2-4-14(12(6-9)15(18)19)20-13-5-3-11(16)7-10(13)8-17/h2-7H,1H3,(H,18,19). The van der Waals surface area contributed by atoms with Gasteiger partial charge in [-0.3, -0.25) is 0 Å². The van der Waals surface area contributed by atoms with Crippen LogP contribution in [0, 0.1) is 24.1 Å². The van der Waals surface area contributed by atoms with Crippen molar-refractivity contribution in [1.82, 2.24) is 0 Å². The fourth-order valence-corrected chi connectivity index (χ4v) is 1.70. The average Bonchev–Trinajstić information content (AvgIpc) is 2.42. The first-order chi connectivity index (χ1) is 9.51. The summed E-state index contributed by atoms with van der Waals surface area (Å²) in [6.07, 6.45) is 0. The first-order valence-corrected chi connectivity index (χ1v) is 5.72. The van der Waals surface area contributed by atoms with Crippen molar-refractivity contribution in [2.45, 2.75) is 6.92 Å². The number of carboxylic acid groups (broad SMARTS) is 1. The molecule has 2 aromatic rings. The third kappa shape index (κ3) is 2.75. The highest BCUT2D eigenvalue weighted by Crippen LogP contribution is 2.29. The number of carbonyl (C=O) groups is 1. The van der Waals surface area contributed by atoms with Crippen molar-refractivity contribution >= 4 is 5.97 Å². The van der Waals surface area contributed by atoms with Crippen LogP contribution in [-0.4, -0.2) is 11.1 Å². The number of aryl methyl sites for hydroxylation is 1. The second-order valence-corrected chi connectivity index (χ2v) is 4.16. The van der Waals surface area contributed by atoms with Gasteiger partial charge in [-0.05, 0) is 37.3 Å². The number of hydrogen-bond donors (Lipinski definition) is 1. The molecular formula is C15H10FNO3. The summed E-state index contributed by atoms with van der Waals surface area (Å²) in [5.41, 5.74) is 0.759. The van der Waals surface area contributed by atoms with E-state index in [2.05, 4.69) is 0 Å². The van der Waals surface area contributed by atoms with Crippen molar-refractivity contribution in [1.29, 1.82) is 5.26 Å². The summed E-state index contributed by atoms with van der Waals surface area (Å²) in [4.78, 5) is 11.2. The third-order valence-corrected chi connectivity index (χ3v) is 2.65. The third-order valence-electron chi connectivity index (χ3n) is 2.65. The van der Waals surface area contributed by atoms with E-state index in [-0.39, 0.29) is 22.6 Å². The van der Waals surface area contributed by atoms with Crippen molar-refractivity contribution in [2.24, 2.45) is 0 Å². The van der Waals surface area contributed by atoms with Crippen molar-refractivity contribution in [3.63, 3.8) is 0 Å². The molecule has 20 heavy (non-hydrogen) atoms. The Morgan fingerprint density at radius 2 is 1.95 bits per heavy atom. The molecule has 2 aromatic carbocycles. The fourth-order valence-electron chi connectivity index (χ4n) is 1.70. The smallest absolute Gasteiger partial charge is 0.339 e. The van der Waals surface area contributed by atoms with Crippen LogP contribution in [0.1, 0.15) is 21.5 Å². The molecule has 0 bridgehead atoms. The quantitative estimate of drug-likeness (QED) is 0.927. The summed E-state index contributed by atoms with van der Waals surface area (Å²) in [5, 5.41) is 18.1. The molecule has 0 spiro atoms. The molecule has 0 heterocycles. The van der Waals surface area contributed by atoms with Crippen LogP contribution in [0.5, 0.6) is 11.5 Å². The molecule has 0 aliphatic carbocycles. The van der Waals surface area contributed by atoms with Crippen LogP contribution in [0.3, 0.4) is 0 Å². The molecule has 4 nitrogen and oxygen atoms in total. The first kappa shape index (κ1) is 13.6. The van der Waals surface area contributed by atoms with Crippen molar-refractivity contribution < 1.29 is 19.0 Å². The molecule has 0 aromatic heterocycles. The van der Waals surface area contributed by atoms with Crippen molar-refractivity contribution in [2.75, 3.05) is 0 Å². The van der Waals surface area contributed by atoms with E-state index in [1.807, 2.05) is 0 Å². The zero-order valence-corrected chi connectivity index (χ0v) is 10.6. The van der Waals surface area contributed by atoms with Crippen LogP contribution in [0.4, 0.5) is 4.39 Å². The monoisotopic (exact) mass is 271 g/mol. The van der Waals surface area contributed by atoms with Gasteiger partial charge in [-0.15, -0.1) is 0 Å². The maximum absolute atomic E-state index is 13.0. The second kappa shape index (κ2) is 5.41. The Hall–Kier alpha value is -2.87. The van der Waals surface area contributed by atoms with Gasteiger partial charge in [0.15, 0.2) is 0 Å². The highest BCUT2D eigenvalue weighted by molar-refractivity contribution is 5.91. The molecule has 0 aliphatic rings. The number of ether oxygens (including phenoxy) is 1. The zero-order chi connectivity index (χ0) is 14.7. The number of nitriles is 1. The van der Waals surface area contributed by atoms with Crippen molar-refractivity contribution in [3.05, 3.63) is 58.9 Å². The molecule has 0 unspecified atom stereocenters. The van der Waals surface area contributed by atoms with Crippen LogP contribution in [0.25, 0.3) is 0 Å². The highest BCUT2D eigenvalue weighted by Gasteiger charge is 2.14. The topological polar surface area (TPSA) is 70.3 Å². The van der Waals surface area contributed by atoms with Crippen molar-refractivity contribution in [3.8, 4) is 17.6 Å². The highest BCUT2D eigenvalue weighted by atomic mass is 19.1. The lowest BCUT2D eigenvalue weighted by atomic mass is 10.1. The maximum atomic E-state index is 13.0. The minimum absolute atomic E-state index is 0.00177. The van der Waals surface area contributed by atoms with Gasteiger partial charge in [0.05, 0.1) is 5.56 Å². The van der Waals surface area contributed by atoms with E-state index >= 15 is 0 Å². The van der Waals surface area contributed by atoms with Gasteiger partial charge in [0.1, 0.15) is 28.9 Å². The number of rotatable bonds is 3. The van der Waals surface area contributed by atoms with E-state index in [1.165, 1.54) is 18.2 Å². The van der Waals surface area contributed by atoms with Crippen LogP contribution in [0.15, 0.2) is 36.4 Å².